The molecule has 1 saturated heterocycles. The molecule has 0 radical (unpaired) electrons. The first-order valence-corrected chi connectivity index (χ1v) is 7.99. The summed E-state index contributed by atoms with van der Waals surface area (Å²) in [5, 5.41) is 4.40. The molecule has 124 valence electrons. The zero-order valence-electron chi connectivity index (χ0n) is 12.4. The van der Waals surface area contributed by atoms with Gasteiger partial charge in [0.05, 0.1) is 5.25 Å². The van der Waals surface area contributed by atoms with E-state index in [9.17, 15) is 18.8 Å². The van der Waals surface area contributed by atoms with Crippen LogP contribution in [0.15, 0.2) is 24.3 Å². The smallest absolute Gasteiger partial charge is 0.333 e. The first-order valence-electron chi connectivity index (χ1n) is 6.94. The predicted octanol–water partition coefficient (Wildman–Crippen LogP) is -0.0714. The van der Waals surface area contributed by atoms with Gasteiger partial charge in [-0.05, 0) is 18.1 Å². The molecule has 1 aromatic rings. The molecule has 1 fully saturated rings. The van der Waals surface area contributed by atoms with Gasteiger partial charge in [0.25, 0.3) is 5.91 Å². The van der Waals surface area contributed by atoms with Crippen LogP contribution in [0.5, 0.6) is 0 Å². The third-order valence-electron chi connectivity index (χ3n) is 3.28. The van der Waals surface area contributed by atoms with E-state index in [0.717, 1.165) is 0 Å². The summed E-state index contributed by atoms with van der Waals surface area (Å²) in [6, 6.07) is 4.97. The summed E-state index contributed by atoms with van der Waals surface area (Å²) in [6.45, 7) is 0. The molecule has 9 heteroatoms. The Labute approximate surface area is 136 Å². The van der Waals surface area contributed by atoms with Crippen molar-refractivity contribution in [2.75, 3.05) is 12.8 Å². The quantitative estimate of drug-likeness (QED) is 0.579. The molecule has 1 aromatic carbocycles. The highest BCUT2D eigenvalue weighted by atomic mass is 32.2. The summed E-state index contributed by atoms with van der Waals surface area (Å²) >= 11 is 1.28. The summed E-state index contributed by atoms with van der Waals surface area (Å²) < 4.78 is 13.6. The van der Waals surface area contributed by atoms with Crippen LogP contribution >= 0.6 is 11.8 Å². The van der Waals surface area contributed by atoms with Crippen LogP contribution in [0.2, 0.25) is 0 Å². The van der Waals surface area contributed by atoms with Gasteiger partial charge in [-0.1, -0.05) is 18.2 Å². The van der Waals surface area contributed by atoms with E-state index in [2.05, 4.69) is 21.5 Å². The van der Waals surface area contributed by atoms with E-state index >= 15 is 0 Å². The highest BCUT2D eigenvalue weighted by Crippen LogP contribution is 2.23. The monoisotopic (exact) mass is 340 g/mol. The lowest BCUT2D eigenvalue weighted by molar-refractivity contribution is -0.129. The van der Waals surface area contributed by atoms with Crippen LogP contribution in [0.25, 0.3) is 0 Å². The lowest BCUT2D eigenvalue weighted by Gasteiger charge is -2.28. The van der Waals surface area contributed by atoms with Crippen molar-refractivity contribution in [2.45, 2.75) is 17.7 Å². The highest BCUT2D eigenvalue weighted by molar-refractivity contribution is 8.00. The third-order valence-corrected chi connectivity index (χ3v) is 4.59. The Bertz CT molecular complexity index is 613. The van der Waals surface area contributed by atoms with Crippen molar-refractivity contribution in [3.8, 4) is 0 Å². The molecule has 1 aliphatic rings. The fraction of sp³-hybridized carbons (Fsp3) is 0.357. The SMILES string of the molecule is CNC(=O)NNC(=O)C1CSC(Cc2ccccc2F)C(=O)N1. The maximum Gasteiger partial charge on any atom is 0.333 e. The summed E-state index contributed by atoms with van der Waals surface area (Å²) in [4.78, 5) is 34.9. The minimum absolute atomic E-state index is 0.258. The largest absolute Gasteiger partial charge is 0.342 e. The number of hydrogen-bond acceptors (Lipinski definition) is 4. The minimum Gasteiger partial charge on any atom is -0.342 e. The number of carbonyl (C=O) groups excluding carboxylic acids is 3. The Morgan fingerprint density at radius 2 is 2.09 bits per heavy atom. The number of urea groups is 1. The first-order chi connectivity index (χ1) is 11.0. The van der Waals surface area contributed by atoms with Crippen molar-refractivity contribution in [2.24, 2.45) is 0 Å². The Hall–Kier alpha value is -2.29. The van der Waals surface area contributed by atoms with Crippen molar-refractivity contribution < 1.29 is 18.8 Å². The van der Waals surface area contributed by atoms with Gasteiger partial charge in [0, 0.05) is 12.8 Å². The molecule has 0 aliphatic carbocycles. The molecule has 0 spiro atoms. The number of carbonyl (C=O) groups is 3. The molecule has 1 aliphatic heterocycles. The van der Waals surface area contributed by atoms with Gasteiger partial charge in [-0.25, -0.2) is 14.6 Å². The van der Waals surface area contributed by atoms with Crippen molar-refractivity contribution in [3.63, 3.8) is 0 Å². The fourth-order valence-corrected chi connectivity index (χ4v) is 3.20. The molecule has 1 heterocycles. The van der Waals surface area contributed by atoms with Crippen molar-refractivity contribution >= 4 is 29.6 Å². The van der Waals surface area contributed by atoms with E-state index in [1.165, 1.54) is 24.9 Å². The topological polar surface area (TPSA) is 99.3 Å². The van der Waals surface area contributed by atoms with Gasteiger partial charge >= 0.3 is 6.03 Å². The minimum atomic E-state index is -0.749. The molecule has 0 aromatic heterocycles. The molecule has 4 N–H and O–H groups in total. The lowest BCUT2D eigenvalue weighted by atomic mass is 10.1. The maximum absolute atomic E-state index is 13.6. The van der Waals surface area contributed by atoms with Gasteiger partial charge in [0.1, 0.15) is 11.9 Å². The summed E-state index contributed by atoms with van der Waals surface area (Å²) in [6.07, 6.45) is 0.258. The Kier molecular flexibility index (Phi) is 5.80. The van der Waals surface area contributed by atoms with Crippen molar-refractivity contribution in [1.29, 1.82) is 0 Å². The number of benzene rings is 1. The van der Waals surface area contributed by atoms with Crippen molar-refractivity contribution in [3.05, 3.63) is 35.6 Å². The Balaban J connectivity index is 1.87. The Morgan fingerprint density at radius 1 is 1.35 bits per heavy atom. The number of rotatable bonds is 3. The van der Waals surface area contributed by atoms with Gasteiger partial charge in [-0.2, -0.15) is 0 Å². The normalized spacial score (nSPS) is 20.3. The molecular formula is C14H17FN4O3S. The number of halogens is 1. The molecule has 2 unspecified atom stereocenters. The fourth-order valence-electron chi connectivity index (χ4n) is 2.02. The van der Waals surface area contributed by atoms with Crippen LogP contribution in [-0.2, 0) is 16.0 Å². The lowest BCUT2D eigenvalue weighted by Crippen LogP contribution is -2.58. The number of nitrogens with one attached hydrogen (secondary N) is 4. The van der Waals surface area contributed by atoms with Crippen LogP contribution in [0.4, 0.5) is 9.18 Å². The van der Waals surface area contributed by atoms with Gasteiger partial charge in [0.15, 0.2) is 0 Å². The summed E-state index contributed by atoms with van der Waals surface area (Å²) in [5.41, 5.74) is 4.81. The first kappa shape index (κ1) is 17.1. The molecule has 4 amide bonds. The van der Waals surface area contributed by atoms with E-state index in [1.807, 2.05) is 0 Å². The Morgan fingerprint density at radius 3 is 2.74 bits per heavy atom. The maximum atomic E-state index is 13.6. The van der Waals surface area contributed by atoms with Crippen LogP contribution in [0.1, 0.15) is 5.56 Å². The molecule has 0 saturated carbocycles. The highest BCUT2D eigenvalue weighted by Gasteiger charge is 2.32. The second kappa shape index (κ2) is 7.82. The van der Waals surface area contributed by atoms with Crippen LogP contribution in [0.3, 0.4) is 0 Å². The number of hydrogen-bond donors (Lipinski definition) is 4. The zero-order chi connectivity index (χ0) is 16.8. The summed E-state index contributed by atoms with van der Waals surface area (Å²) in [7, 11) is 1.41. The van der Waals surface area contributed by atoms with E-state index in [1.54, 1.807) is 18.2 Å². The number of thioether (sulfide) groups is 1. The van der Waals surface area contributed by atoms with Crippen LogP contribution in [-0.4, -0.2) is 41.9 Å². The van der Waals surface area contributed by atoms with E-state index in [4.69, 9.17) is 0 Å². The molecule has 2 rings (SSSR count). The molecule has 23 heavy (non-hydrogen) atoms. The second-order valence-corrected chi connectivity index (χ2v) is 6.11. The van der Waals surface area contributed by atoms with Crippen LogP contribution < -0.4 is 21.5 Å². The molecule has 0 bridgehead atoms. The van der Waals surface area contributed by atoms with Gasteiger partial charge in [0.2, 0.25) is 5.91 Å². The predicted molar refractivity (Wildman–Crippen MR) is 84.0 cm³/mol. The molecule has 2 atom stereocenters. The van der Waals surface area contributed by atoms with Crippen LogP contribution in [0, 0.1) is 5.82 Å². The molecule has 7 nitrogen and oxygen atoms in total. The van der Waals surface area contributed by atoms with E-state index in [-0.39, 0.29) is 18.1 Å². The van der Waals surface area contributed by atoms with Gasteiger partial charge < -0.3 is 10.6 Å². The number of amides is 4. The van der Waals surface area contributed by atoms with E-state index in [0.29, 0.717) is 11.3 Å². The number of hydrazine groups is 1. The van der Waals surface area contributed by atoms with Crippen molar-refractivity contribution in [1.82, 2.24) is 21.5 Å². The standard InChI is InChI=1S/C14H17FN4O3S/c1-16-14(22)19-18-12(20)10-7-23-11(13(21)17-10)6-8-4-2-3-5-9(8)15/h2-5,10-11H,6-7H2,1H3,(H,17,21)(H,18,20)(H2,16,19,22). The zero-order valence-corrected chi connectivity index (χ0v) is 13.2. The van der Waals surface area contributed by atoms with E-state index < -0.39 is 23.2 Å². The average molecular weight is 340 g/mol. The second-order valence-electron chi connectivity index (χ2n) is 4.87. The summed E-state index contributed by atoms with van der Waals surface area (Å²) in [5.74, 6) is -0.856. The van der Waals surface area contributed by atoms with Gasteiger partial charge in [-0.15, -0.1) is 11.8 Å². The van der Waals surface area contributed by atoms with Gasteiger partial charge in [-0.3, -0.25) is 15.0 Å². The average Bonchev–Trinajstić information content (AvgIpc) is 2.56. The third kappa shape index (κ3) is 4.59. The molecular weight excluding hydrogens is 323 g/mol.